The standard InChI is InChI=1S/C15H13N5S/c1-9-8-12(14(16)21)20-15(18-9)19-11-6-2-4-10-5-3-7-17-13(10)11/h2-8H,1H3,(H2,16,21)(H,18,19,20). The lowest BCUT2D eigenvalue weighted by molar-refractivity contribution is 1.09. The highest BCUT2D eigenvalue weighted by Crippen LogP contribution is 2.23. The SMILES string of the molecule is Cc1cc(C(N)=S)nc(Nc2cccc3cccnc23)n1. The van der Waals surface area contributed by atoms with Crippen molar-refractivity contribution in [2.75, 3.05) is 5.32 Å². The number of fused-ring (bicyclic) bond motifs is 1. The van der Waals surface area contributed by atoms with Crippen molar-refractivity contribution in [3.63, 3.8) is 0 Å². The van der Waals surface area contributed by atoms with Crippen molar-refractivity contribution in [2.45, 2.75) is 6.92 Å². The van der Waals surface area contributed by atoms with Crippen LogP contribution < -0.4 is 11.1 Å². The summed E-state index contributed by atoms with van der Waals surface area (Å²) in [5, 5.41) is 4.23. The number of para-hydroxylation sites is 1. The van der Waals surface area contributed by atoms with E-state index in [-0.39, 0.29) is 4.99 Å². The van der Waals surface area contributed by atoms with E-state index in [0.29, 0.717) is 11.6 Å². The molecule has 0 saturated carbocycles. The van der Waals surface area contributed by atoms with Crippen LogP contribution in [-0.2, 0) is 0 Å². The minimum Gasteiger partial charge on any atom is -0.388 e. The molecule has 0 atom stereocenters. The molecule has 0 aliphatic carbocycles. The molecule has 3 N–H and O–H groups in total. The maximum Gasteiger partial charge on any atom is 0.228 e. The lowest BCUT2D eigenvalue weighted by Crippen LogP contribution is -2.13. The molecular formula is C15H13N5S. The molecule has 0 bridgehead atoms. The Labute approximate surface area is 127 Å². The summed E-state index contributed by atoms with van der Waals surface area (Å²) in [7, 11) is 0. The van der Waals surface area contributed by atoms with Crippen molar-refractivity contribution in [1.29, 1.82) is 0 Å². The number of hydrogen-bond acceptors (Lipinski definition) is 5. The van der Waals surface area contributed by atoms with E-state index >= 15 is 0 Å². The zero-order valence-corrected chi connectivity index (χ0v) is 12.2. The van der Waals surface area contributed by atoms with Gasteiger partial charge in [0.25, 0.3) is 0 Å². The van der Waals surface area contributed by atoms with Crippen LogP contribution in [0.3, 0.4) is 0 Å². The fraction of sp³-hybridized carbons (Fsp3) is 0.0667. The largest absolute Gasteiger partial charge is 0.388 e. The van der Waals surface area contributed by atoms with E-state index in [2.05, 4.69) is 20.3 Å². The number of anilines is 2. The fourth-order valence-corrected chi connectivity index (χ4v) is 2.18. The molecule has 3 aromatic rings. The van der Waals surface area contributed by atoms with E-state index in [1.165, 1.54) is 0 Å². The Balaban J connectivity index is 2.05. The van der Waals surface area contributed by atoms with Crippen LogP contribution in [0.15, 0.2) is 42.6 Å². The van der Waals surface area contributed by atoms with Gasteiger partial charge in [0.15, 0.2) is 0 Å². The monoisotopic (exact) mass is 295 g/mol. The van der Waals surface area contributed by atoms with Crippen LogP contribution in [-0.4, -0.2) is 19.9 Å². The van der Waals surface area contributed by atoms with Crippen molar-refractivity contribution >= 4 is 39.7 Å². The summed E-state index contributed by atoms with van der Waals surface area (Å²) in [6.07, 6.45) is 1.76. The zero-order valence-electron chi connectivity index (χ0n) is 11.4. The summed E-state index contributed by atoms with van der Waals surface area (Å²) < 4.78 is 0. The maximum atomic E-state index is 5.64. The van der Waals surface area contributed by atoms with Crippen molar-refractivity contribution in [3.05, 3.63) is 54.0 Å². The number of nitrogens with one attached hydrogen (secondary N) is 1. The fourth-order valence-electron chi connectivity index (χ4n) is 2.08. The number of thiocarbonyl (C=S) groups is 1. The number of aryl methyl sites for hydroxylation is 1. The van der Waals surface area contributed by atoms with Gasteiger partial charge in [-0.15, -0.1) is 0 Å². The van der Waals surface area contributed by atoms with E-state index in [0.717, 1.165) is 22.3 Å². The Morgan fingerprint density at radius 2 is 2.00 bits per heavy atom. The Morgan fingerprint density at radius 3 is 2.81 bits per heavy atom. The molecule has 0 aliphatic heterocycles. The van der Waals surface area contributed by atoms with Gasteiger partial charge in [-0.1, -0.05) is 30.4 Å². The average molecular weight is 295 g/mol. The first kappa shape index (κ1) is 13.4. The van der Waals surface area contributed by atoms with Gasteiger partial charge in [-0.05, 0) is 25.1 Å². The lowest BCUT2D eigenvalue weighted by Gasteiger charge is -2.09. The van der Waals surface area contributed by atoms with E-state index in [9.17, 15) is 0 Å². The maximum absolute atomic E-state index is 5.64. The summed E-state index contributed by atoms with van der Waals surface area (Å²) in [5.74, 6) is 0.455. The number of nitrogens with zero attached hydrogens (tertiary/aromatic N) is 3. The normalized spacial score (nSPS) is 10.5. The third-order valence-corrected chi connectivity index (χ3v) is 3.19. The molecule has 0 radical (unpaired) electrons. The van der Waals surface area contributed by atoms with Crippen LogP contribution in [0, 0.1) is 6.92 Å². The molecule has 0 saturated heterocycles. The second-order valence-electron chi connectivity index (χ2n) is 4.59. The van der Waals surface area contributed by atoms with Gasteiger partial charge in [0.05, 0.1) is 11.2 Å². The van der Waals surface area contributed by atoms with Gasteiger partial charge in [0.1, 0.15) is 10.7 Å². The molecule has 6 heteroatoms. The third kappa shape index (κ3) is 2.80. The number of benzene rings is 1. The van der Waals surface area contributed by atoms with Gasteiger partial charge in [0, 0.05) is 17.3 Å². The number of rotatable bonds is 3. The summed E-state index contributed by atoms with van der Waals surface area (Å²) in [6.45, 7) is 1.87. The summed E-state index contributed by atoms with van der Waals surface area (Å²) in [6, 6.07) is 11.6. The second-order valence-corrected chi connectivity index (χ2v) is 5.03. The van der Waals surface area contributed by atoms with Gasteiger partial charge in [-0.25, -0.2) is 9.97 Å². The quantitative estimate of drug-likeness (QED) is 0.724. The zero-order chi connectivity index (χ0) is 14.8. The molecule has 21 heavy (non-hydrogen) atoms. The molecule has 104 valence electrons. The van der Waals surface area contributed by atoms with Crippen LogP contribution in [0.1, 0.15) is 11.4 Å². The minimum atomic E-state index is 0.250. The second kappa shape index (κ2) is 5.41. The lowest BCUT2D eigenvalue weighted by atomic mass is 10.2. The number of pyridine rings is 1. The van der Waals surface area contributed by atoms with Crippen LogP contribution in [0.25, 0.3) is 10.9 Å². The predicted octanol–water partition coefficient (Wildman–Crippen LogP) is 2.71. The van der Waals surface area contributed by atoms with Gasteiger partial charge < -0.3 is 11.1 Å². The van der Waals surface area contributed by atoms with Gasteiger partial charge in [-0.2, -0.15) is 0 Å². The molecule has 0 amide bonds. The highest BCUT2D eigenvalue weighted by atomic mass is 32.1. The van der Waals surface area contributed by atoms with E-state index < -0.39 is 0 Å². The van der Waals surface area contributed by atoms with Crippen molar-refractivity contribution in [2.24, 2.45) is 5.73 Å². The first-order valence-electron chi connectivity index (χ1n) is 6.40. The predicted molar refractivity (Wildman–Crippen MR) is 87.7 cm³/mol. The number of hydrogen-bond donors (Lipinski definition) is 2. The average Bonchev–Trinajstić information content (AvgIpc) is 2.47. The molecule has 5 nitrogen and oxygen atoms in total. The Bertz CT molecular complexity index is 826. The van der Waals surface area contributed by atoms with Crippen LogP contribution in [0.2, 0.25) is 0 Å². The van der Waals surface area contributed by atoms with Crippen LogP contribution in [0.4, 0.5) is 11.6 Å². The summed E-state index contributed by atoms with van der Waals surface area (Å²) >= 11 is 4.97. The molecule has 3 rings (SSSR count). The van der Waals surface area contributed by atoms with Crippen LogP contribution >= 0.6 is 12.2 Å². The Morgan fingerprint density at radius 1 is 1.19 bits per heavy atom. The molecule has 0 aliphatic rings. The van der Waals surface area contributed by atoms with Crippen LogP contribution in [0.5, 0.6) is 0 Å². The third-order valence-electron chi connectivity index (χ3n) is 2.99. The molecular weight excluding hydrogens is 282 g/mol. The smallest absolute Gasteiger partial charge is 0.228 e. The first-order chi connectivity index (χ1) is 10.1. The Kier molecular flexibility index (Phi) is 3.45. The molecule has 0 unspecified atom stereocenters. The molecule has 0 spiro atoms. The summed E-state index contributed by atoms with van der Waals surface area (Å²) in [5.41, 5.74) is 8.68. The number of nitrogens with two attached hydrogens (primary N) is 1. The topological polar surface area (TPSA) is 76.7 Å². The number of aromatic nitrogens is 3. The van der Waals surface area contributed by atoms with Crippen molar-refractivity contribution in [1.82, 2.24) is 15.0 Å². The van der Waals surface area contributed by atoms with E-state index in [1.54, 1.807) is 12.3 Å². The van der Waals surface area contributed by atoms with E-state index in [4.69, 9.17) is 18.0 Å². The molecule has 0 fully saturated rings. The molecule has 2 heterocycles. The first-order valence-corrected chi connectivity index (χ1v) is 6.80. The highest BCUT2D eigenvalue weighted by molar-refractivity contribution is 7.80. The van der Waals surface area contributed by atoms with E-state index in [1.807, 2.05) is 37.3 Å². The minimum absolute atomic E-state index is 0.250. The van der Waals surface area contributed by atoms with Crippen molar-refractivity contribution in [3.8, 4) is 0 Å². The molecule has 1 aromatic carbocycles. The van der Waals surface area contributed by atoms with Crippen molar-refractivity contribution < 1.29 is 0 Å². The Hall–Kier alpha value is -2.60. The van der Waals surface area contributed by atoms with Gasteiger partial charge >= 0.3 is 0 Å². The van der Waals surface area contributed by atoms with Gasteiger partial charge in [0.2, 0.25) is 5.95 Å². The van der Waals surface area contributed by atoms with Gasteiger partial charge in [-0.3, -0.25) is 4.98 Å². The highest BCUT2D eigenvalue weighted by Gasteiger charge is 2.07. The summed E-state index contributed by atoms with van der Waals surface area (Å²) in [4.78, 5) is 13.3. The molecule has 2 aromatic heterocycles.